The fourth-order valence-corrected chi connectivity index (χ4v) is 1.52. The fourth-order valence-electron chi connectivity index (χ4n) is 1.52. The van der Waals surface area contributed by atoms with Crippen molar-refractivity contribution in [2.24, 2.45) is 0 Å². The van der Waals surface area contributed by atoms with Gasteiger partial charge in [-0.05, 0) is 18.2 Å². The molecule has 1 N–H and O–H groups in total. The van der Waals surface area contributed by atoms with E-state index in [4.69, 9.17) is 14.8 Å². The minimum Gasteiger partial charge on any atom is -0.478 e. The van der Waals surface area contributed by atoms with Crippen LogP contribution in [-0.2, 0) is 0 Å². The quantitative estimate of drug-likeness (QED) is 0.884. The number of anilines is 1. The Bertz CT molecular complexity index is 627. The molecular formula is C12H11N3O3. The van der Waals surface area contributed by atoms with Gasteiger partial charge in [0.2, 0.25) is 0 Å². The summed E-state index contributed by atoms with van der Waals surface area (Å²) >= 11 is 0. The molecule has 2 rings (SSSR count). The van der Waals surface area contributed by atoms with Gasteiger partial charge >= 0.3 is 5.97 Å². The maximum Gasteiger partial charge on any atom is 0.335 e. The molecule has 0 bridgehead atoms. The van der Waals surface area contributed by atoms with Crippen molar-refractivity contribution in [2.45, 2.75) is 6.42 Å². The molecule has 0 aliphatic rings. The lowest BCUT2D eigenvalue weighted by atomic mass is 10.2. The molecule has 0 amide bonds. The zero-order valence-electron chi connectivity index (χ0n) is 9.75. The number of oxazole rings is 1. The highest BCUT2D eigenvalue weighted by Crippen LogP contribution is 2.22. The van der Waals surface area contributed by atoms with Gasteiger partial charge in [-0.3, -0.25) is 0 Å². The van der Waals surface area contributed by atoms with Crippen LogP contribution in [0.2, 0.25) is 0 Å². The van der Waals surface area contributed by atoms with Crippen molar-refractivity contribution < 1.29 is 14.3 Å². The van der Waals surface area contributed by atoms with E-state index in [1.54, 1.807) is 18.0 Å². The lowest BCUT2D eigenvalue weighted by Crippen LogP contribution is -2.18. The largest absolute Gasteiger partial charge is 0.478 e. The molecule has 6 heteroatoms. The van der Waals surface area contributed by atoms with Crippen LogP contribution < -0.4 is 4.90 Å². The lowest BCUT2D eigenvalue weighted by Gasteiger charge is -2.10. The first kappa shape index (κ1) is 11.9. The minimum atomic E-state index is -1.01. The molecule has 2 aromatic rings. The summed E-state index contributed by atoms with van der Waals surface area (Å²) in [5.41, 5.74) is 1.18. The summed E-state index contributed by atoms with van der Waals surface area (Å²) < 4.78 is 5.46. The molecule has 18 heavy (non-hydrogen) atoms. The molecular weight excluding hydrogens is 234 g/mol. The summed E-state index contributed by atoms with van der Waals surface area (Å²) in [4.78, 5) is 16.8. The maximum atomic E-state index is 10.8. The number of benzene rings is 1. The molecule has 0 aliphatic carbocycles. The van der Waals surface area contributed by atoms with E-state index in [2.05, 4.69) is 4.98 Å². The highest BCUT2D eigenvalue weighted by Gasteiger charge is 2.12. The number of nitriles is 1. The van der Waals surface area contributed by atoms with Crippen molar-refractivity contribution in [1.29, 1.82) is 5.26 Å². The van der Waals surface area contributed by atoms with Crippen molar-refractivity contribution in [3.8, 4) is 6.07 Å². The van der Waals surface area contributed by atoms with Crippen molar-refractivity contribution >= 4 is 23.1 Å². The second kappa shape index (κ2) is 4.75. The maximum absolute atomic E-state index is 10.8. The number of aromatic nitrogens is 1. The van der Waals surface area contributed by atoms with Crippen LogP contribution in [0, 0.1) is 11.3 Å². The second-order valence-electron chi connectivity index (χ2n) is 3.81. The Kier molecular flexibility index (Phi) is 3.15. The van der Waals surface area contributed by atoms with E-state index >= 15 is 0 Å². The van der Waals surface area contributed by atoms with Crippen LogP contribution in [0.15, 0.2) is 22.6 Å². The first-order valence-electron chi connectivity index (χ1n) is 5.34. The van der Waals surface area contributed by atoms with E-state index in [0.29, 0.717) is 30.1 Å². The van der Waals surface area contributed by atoms with Crippen molar-refractivity contribution in [3.63, 3.8) is 0 Å². The van der Waals surface area contributed by atoms with Crippen molar-refractivity contribution in [1.82, 2.24) is 4.98 Å². The van der Waals surface area contributed by atoms with Crippen LogP contribution in [0.3, 0.4) is 0 Å². The molecule has 0 unspecified atom stereocenters. The topological polar surface area (TPSA) is 90.4 Å². The zero-order chi connectivity index (χ0) is 13.1. The molecule has 0 saturated carbocycles. The smallest absolute Gasteiger partial charge is 0.335 e. The second-order valence-corrected chi connectivity index (χ2v) is 3.81. The molecule has 92 valence electrons. The third-order valence-corrected chi connectivity index (χ3v) is 2.51. The van der Waals surface area contributed by atoms with Gasteiger partial charge in [0.25, 0.3) is 6.01 Å². The van der Waals surface area contributed by atoms with E-state index < -0.39 is 5.97 Å². The van der Waals surface area contributed by atoms with Gasteiger partial charge in [-0.2, -0.15) is 10.2 Å². The first-order chi connectivity index (χ1) is 8.61. The van der Waals surface area contributed by atoms with Crippen LogP contribution in [0.25, 0.3) is 11.1 Å². The summed E-state index contributed by atoms with van der Waals surface area (Å²) in [5, 5.41) is 17.4. The van der Waals surface area contributed by atoms with Gasteiger partial charge in [0, 0.05) is 13.6 Å². The van der Waals surface area contributed by atoms with E-state index in [1.165, 1.54) is 12.1 Å². The number of carbonyl (C=O) groups is 1. The number of carboxylic acids is 1. The molecule has 1 aromatic carbocycles. The minimum absolute atomic E-state index is 0.157. The molecule has 1 aromatic heterocycles. The number of fused-ring (bicyclic) bond motifs is 1. The SMILES string of the molecule is CN(CCC#N)c1nc2ccc(C(=O)O)cc2o1. The van der Waals surface area contributed by atoms with E-state index in [9.17, 15) is 4.79 Å². The highest BCUT2D eigenvalue weighted by molar-refractivity contribution is 5.92. The van der Waals surface area contributed by atoms with Crippen LogP contribution >= 0.6 is 0 Å². The van der Waals surface area contributed by atoms with Gasteiger partial charge in [-0.1, -0.05) is 0 Å². The van der Waals surface area contributed by atoms with Crippen LogP contribution in [0.4, 0.5) is 6.01 Å². The normalized spacial score (nSPS) is 10.2. The molecule has 0 aliphatic heterocycles. The van der Waals surface area contributed by atoms with Gasteiger partial charge in [0.05, 0.1) is 18.1 Å². The number of nitrogens with zero attached hydrogens (tertiary/aromatic N) is 3. The molecule has 6 nitrogen and oxygen atoms in total. The third kappa shape index (κ3) is 2.25. The van der Waals surface area contributed by atoms with Crippen molar-refractivity contribution in [2.75, 3.05) is 18.5 Å². The van der Waals surface area contributed by atoms with Crippen LogP contribution in [0.1, 0.15) is 16.8 Å². The summed E-state index contributed by atoms with van der Waals surface area (Å²) in [6.07, 6.45) is 0.371. The molecule has 0 spiro atoms. The third-order valence-electron chi connectivity index (χ3n) is 2.51. The van der Waals surface area contributed by atoms with Gasteiger partial charge < -0.3 is 14.4 Å². The standard InChI is InChI=1S/C12H11N3O3/c1-15(6-2-5-13)12-14-9-4-3-8(11(16)17)7-10(9)18-12/h3-4,7H,2,6H2,1H3,(H,16,17). The average Bonchev–Trinajstić information content (AvgIpc) is 2.78. The summed E-state index contributed by atoms with van der Waals surface area (Å²) in [6, 6.07) is 6.93. The first-order valence-corrected chi connectivity index (χ1v) is 5.34. The van der Waals surface area contributed by atoms with Gasteiger partial charge in [-0.15, -0.1) is 0 Å². The van der Waals surface area contributed by atoms with E-state index in [-0.39, 0.29) is 5.56 Å². The van der Waals surface area contributed by atoms with Gasteiger partial charge in [-0.25, -0.2) is 4.79 Å². The number of aromatic carboxylic acids is 1. The Morgan fingerprint density at radius 1 is 1.61 bits per heavy atom. The fraction of sp³-hybridized carbons (Fsp3) is 0.250. The summed E-state index contributed by atoms with van der Waals surface area (Å²) in [6.45, 7) is 0.509. The molecule has 0 atom stereocenters. The van der Waals surface area contributed by atoms with Gasteiger partial charge in [0.15, 0.2) is 5.58 Å². The Morgan fingerprint density at radius 2 is 2.39 bits per heavy atom. The van der Waals surface area contributed by atoms with E-state index in [0.717, 1.165) is 0 Å². The van der Waals surface area contributed by atoms with Crippen LogP contribution in [0.5, 0.6) is 0 Å². The Balaban J connectivity index is 2.32. The number of hydrogen-bond acceptors (Lipinski definition) is 5. The van der Waals surface area contributed by atoms with Crippen molar-refractivity contribution in [3.05, 3.63) is 23.8 Å². The Labute approximate surface area is 103 Å². The number of rotatable bonds is 4. The predicted molar refractivity (Wildman–Crippen MR) is 64.5 cm³/mol. The monoisotopic (exact) mass is 245 g/mol. The summed E-state index contributed by atoms with van der Waals surface area (Å²) in [7, 11) is 1.76. The Hall–Kier alpha value is -2.55. The van der Waals surface area contributed by atoms with E-state index in [1.807, 2.05) is 6.07 Å². The Morgan fingerprint density at radius 3 is 3.06 bits per heavy atom. The molecule has 0 radical (unpaired) electrons. The molecule has 0 saturated heterocycles. The lowest BCUT2D eigenvalue weighted by molar-refractivity contribution is 0.0697. The van der Waals surface area contributed by atoms with Crippen LogP contribution in [-0.4, -0.2) is 29.7 Å². The molecule has 1 heterocycles. The average molecular weight is 245 g/mol. The van der Waals surface area contributed by atoms with Gasteiger partial charge in [0.1, 0.15) is 5.52 Å². The zero-order valence-corrected chi connectivity index (χ0v) is 9.75. The highest BCUT2D eigenvalue weighted by atomic mass is 16.4. The predicted octanol–water partition coefficient (Wildman–Crippen LogP) is 1.88. The number of carboxylic acid groups (broad SMARTS) is 1. The number of hydrogen-bond donors (Lipinski definition) is 1. The molecule has 0 fully saturated rings. The summed E-state index contributed by atoms with van der Waals surface area (Å²) in [5.74, 6) is -1.01.